The summed E-state index contributed by atoms with van der Waals surface area (Å²) in [7, 11) is 5.81. The number of rotatable bonds is 14. The van der Waals surface area contributed by atoms with Crippen molar-refractivity contribution in [2.24, 2.45) is 0 Å². The third-order valence-corrected chi connectivity index (χ3v) is 9.48. The van der Waals surface area contributed by atoms with Gasteiger partial charge in [-0.15, -0.1) is 0 Å². The molecule has 0 aromatic heterocycles. The lowest BCUT2D eigenvalue weighted by Gasteiger charge is -2.32. The summed E-state index contributed by atoms with van der Waals surface area (Å²) in [5.41, 5.74) is 0.385. The van der Waals surface area contributed by atoms with Crippen LogP contribution in [-0.4, -0.2) is 127 Å². The van der Waals surface area contributed by atoms with E-state index in [1.165, 1.54) is 45.0 Å². The molecule has 0 unspecified atom stereocenters. The van der Waals surface area contributed by atoms with Gasteiger partial charge in [0, 0.05) is 51.2 Å². The van der Waals surface area contributed by atoms with Gasteiger partial charge in [-0.3, -0.25) is 19.2 Å². The molecular weight excluding hydrogens is 793 g/mol. The number of hydrogen-bond donors (Lipinski definition) is 5. The zero-order chi connectivity index (χ0) is 45.8. The van der Waals surface area contributed by atoms with E-state index in [0.29, 0.717) is 46.6 Å². The molecule has 1 aliphatic rings. The fourth-order valence-corrected chi connectivity index (χ4v) is 6.42. The molecule has 2 aromatic rings. The first-order chi connectivity index (χ1) is 28.4. The number of methoxy groups -OCH3 is 2. The van der Waals surface area contributed by atoms with Gasteiger partial charge in [0.2, 0.25) is 23.6 Å². The van der Waals surface area contributed by atoms with Crippen molar-refractivity contribution in [1.82, 2.24) is 31.1 Å². The monoisotopic (exact) mass is 854 g/mol. The van der Waals surface area contributed by atoms with Gasteiger partial charge in [-0.05, 0) is 103 Å². The molecule has 0 saturated carbocycles. The van der Waals surface area contributed by atoms with Crippen molar-refractivity contribution in [3.63, 3.8) is 0 Å². The number of aliphatic carboxylic acids is 1. The Hall–Kier alpha value is -6.07. The predicted molar refractivity (Wildman–Crippen MR) is 225 cm³/mol. The number of likely N-dealkylation sites (N-methyl/N-ethyl adjacent to an activating group) is 1. The molecule has 0 radical (unpaired) electrons. The van der Waals surface area contributed by atoms with Crippen molar-refractivity contribution in [3.05, 3.63) is 47.5 Å². The molecule has 0 fully saturated rings. The maximum absolute atomic E-state index is 14.6. The summed E-state index contributed by atoms with van der Waals surface area (Å²) in [4.78, 5) is 95.3. The van der Waals surface area contributed by atoms with Gasteiger partial charge in [0.25, 0.3) is 0 Å². The summed E-state index contributed by atoms with van der Waals surface area (Å²) in [5, 5.41) is 20.6. The lowest BCUT2D eigenvalue weighted by atomic mass is 9.93. The van der Waals surface area contributed by atoms with Crippen LogP contribution >= 0.6 is 0 Å². The Kier molecular flexibility index (Phi) is 17.3. The molecule has 0 spiro atoms. The second-order valence-corrected chi connectivity index (χ2v) is 16.9. The summed E-state index contributed by atoms with van der Waals surface area (Å²) >= 11 is 0. The normalized spacial score (nSPS) is 17.3. The van der Waals surface area contributed by atoms with Crippen LogP contribution in [0.2, 0.25) is 0 Å². The largest absolute Gasteiger partial charge is 0.496 e. The Morgan fingerprint density at radius 3 is 2.05 bits per heavy atom. The highest BCUT2D eigenvalue weighted by Gasteiger charge is 2.36. The average Bonchev–Trinajstić information content (AvgIpc) is 3.16. The second kappa shape index (κ2) is 21.4. The van der Waals surface area contributed by atoms with Crippen LogP contribution in [-0.2, 0) is 39.9 Å². The first-order valence-electron chi connectivity index (χ1n) is 20.1. The van der Waals surface area contributed by atoms with Crippen LogP contribution in [0.5, 0.6) is 11.5 Å². The number of alkyl carbamates (subject to hydrolysis) is 1. The van der Waals surface area contributed by atoms with E-state index in [1.807, 2.05) is 0 Å². The number of carbonyl (C=O) groups excluding carboxylic acids is 6. The number of unbranched alkanes of at least 4 members (excludes halogenated alkanes) is 1. The Morgan fingerprint density at radius 2 is 1.46 bits per heavy atom. The number of carboxylic acid groups (broad SMARTS) is 1. The van der Waals surface area contributed by atoms with Crippen molar-refractivity contribution >= 4 is 41.8 Å². The van der Waals surface area contributed by atoms with E-state index in [-0.39, 0.29) is 32.4 Å². The van der Waals surface area contributed by atoms with Crippen molar-refractivity contribution in [2.45, 2.75) is 116 Å². The highest BCUT2D eigenvalue weighted by Crippen LogP contribution is 2.40. The van der Waals surface area contributed by atoms with Gasteiger partial charge < -0.3 is 55.1 Å². The average molecular weight is 855 g/mol. The van der Waals surface area contributed by atoms with Gasteiger partial charge in [-0.25, -0.2) is 14.4 Å². The van der Waals surface area contributed by atoms with Crippen molar-refractivity contribution in [2.75, 3.05) is 41.4 Å². The molecule has 6 amide bonds. The Balaban J connectivity index is 2.05. The van der Waals surface area contributed by atoms with Gasteiger partial charge in [0.15, 0.2) is 0 Å². The van der Waals surface area contributed by atoms with Gasteiger partial charge in [-0.2, -0.15) is 0 Å². The maximum Gasteiger partial charge on any atom is 0.410 e. The Labute approximate surface area is 357 Å². The van der Waals surface area contributed by atoms with Crippen LogP contribution in [0, 0.1) is 0 Å². The molecule has 18 nitrogen and oxygen atoms in total. The molecule has 1 aliphatic heterocycles. The summed E-state index contributed by atoms with van der Waals surface area (Å²) in [6.07, 6.45) is -0.655. The van der Waals surface area contributed by atoms with Crippen LogP contribution in [0.3, 0.4) is 0 Å². The molecule has 4 bridgehead atoms. The molecule has 61 heavy (non-hydrogen) atoms. The fourth-order valence-electron chi connectivity index (χ4n) is 6.42. The summed E-state index contributed by atoms with van der Waals surface area (Å²) in [6.45, 7) is 12.0. The topological polar surface area (TPSA) is 231 Å². The number of carboxylic acids is 1. The van der Waals surface area contributed by atoms with E-state index in [1.54, 1.807) is 77.9 Å². The number of ether oxygens (including phenoxy) is 4. The SMILES string of the molecule is COc1ccc2cc1-c1cc(ccc1OC)[C@H](N(C)C(=O)[C@H](CCCCNC(=O)OC(C)(C)C)NC(=O)CCN(C)C(=O)OC(C)(C)C)C(=O)N[C@@H](C)C(=O)N[C@H](C(=O)O)C2. The first-order valence-corrected chi connectivity index (χ1v) is 20.1. The van der Waals surface area contributed by atoms with E-state index in [0.717, 1.165) is 0 Å². The third kappa shape index (κ3) is 14.9. The highest BCUT2D eigenvalue weighted by molar-refractivity contribution is 5.96. The fraction of sp³-hybridized carbons (Fsp3) is 0.558. The number of carbonyl (C=O) groups is 7. The minimum atomic E-state index is -1.40. The minimum Gasteiger partial charge on any atom is -0.496 e. The summed E-state index contributed by atoms with van der Waals surface area (Å²) < 4.78 is 22.1. The molecule has 1 heterocycles. The number of amides is 6. The van der Waals surface area contributed by atoms with E-state index in [9.17, 15) is 38.7 Å². The van der Waals surface area contributed by atoms with Crippen LogP contribution in [0.4, 0.5) is 9.59 Å². The molecule has 3 rings (SSSR count). The van der Waals surface area contributed by atoms with Crippen LogP contribution < -0.4 is 30.7 Å². The number of fused-ring (bicyclic) bond motifs is 5. The maximum atomic E-state index is 14.6. The van der Waals surface area contributed by atoms with Crippen LogP contribution in [0.15, 0.2) is 36.4 Å². The Bertz CT molecular complexity index is 1920. The molecular formula is C43H62N6O12. The van der Waals surface area contributed by atoms with E-state index < -0.39 is 77.2 Å². The summed E-state index contributed by atoms with van der Waals surface area (Å²) in [6, 6.07) is 4.77. The number of nitrogens with zero attached hydrogens (tertiary/aromatic N) is 2. The van der Waals surface area contributed by atoms with Gasteiger partial charge in [-0.1, -0.05) is 12.1 Å². The molecule has 0 aliphatic carbocycles. The first kappa shape index (κ1) is 49.3. The van der Waals surface area contributed by atoms with Gasteiger partial charge in [0.05, 0.1) is 14.2 Å². The van der Waals surface area contributed by atoms with Gasteiger partial charge in [0.1, 0.15) is 46.9 Å². The second-order valence-electron chi connectivity index (χ2n) is 16.9. The van der Waals surface area contributed by atoms with Crippen molar-refractivity contribution in [3.8, 4) is 22.6 Å². The number of nitrogens with one attached hydrogen (secondary N) is 4. The molecule has 4 atom stereocenters. The number of hydrogen-bond acceptors (Lipinski definition) is 11. The molecule has 18 heteroatoms. The molecule has 0 saturated heterocycles. The zero-order valence-corrected chi connectivity index (χ0v) is 37.1. The zero-order valence-electron chi connectivity index (χ0n) is 37.1. The highest BCUT2D eigenvalue weighted by atomic mass is 16.6. The van der Waals surface area contributed by atoms with E-state index in [4.69, 9.17) is 18.9 Å². The smallest absolute Gasteiger partial charge is 0.410 e. The third-order valence-electron chi connectivity index (χ3n) is 9.48. The van der Waals surface area contributed by atoms with Crippen molar-refractivity contribution in [1.29, 1.82) is 0 Å². The molecule has 2 aromatic carbocycles. The molecule has 336 valence electrons. The van der Waals surface area contributed by atoms with E-state index in [2.05, 4.69) is 21.3 Å². The van der Waals surface area contributed by atoms with Crippen LogP contribution in [0.25, 0.3) is 11.1 Å². The van der Waals surface area contributed by atoms with Gasteiger partial charge >= 0.3 is 18.2 Å². The minimum absolute atomic E-state index is 0.0235. The quantitative estimate of drug-likeness (QED) is 0.170. The van der Waals surface area contributed by atoms with Crippen LogP contribution in [0.1, 0.15) is 91.3 Å². The standard InChI is InChI=1S/C43H62N6O12/c1-25-36(51)47-31(39(54)55)23-26-15-17-32(58-10)28(22-26)29-24-27(16-18-33(29)59-11)35(37(52)45-25)49(9)38(53)30(14-12-13-20-44-40(56)60-42(2,3)4)46-34(50)19-21-48(8)41(57)61-43(5,6)7/h15-18,22,24-25,30-31,35H,12-14,19-21,23H2,1-11H3,(H,44,56)(H,45,52)(H,46,50)(H,47,51)(H,54,55)/t25-,30-,31-,35-/m0/s1. The lowest BCUT2D eigenvalue weighted by molar-refractivity contribution is -0.144. The predicted octanol–water partition coefficient (Wildman–Crippen LogP) is 3.94. The Morgan fingerprint density at radius 1 is 0.852 bits per heavy atom. The lowest BCUT2D eigenvalue weighted by Crippen LogP contribution is -2.55. The van der Waals surface area contributed by atoms with E-state index >= 15 is 0 Å². The number of benzene rings is 2. The molecule has 5 N–H and O–H groups in total. The summed E-state index contributed by atoms with van der Waals surface area (Å²) in [5.74, 6) is -3.25. The van der Waals surface area contributed by atoms with Crippen molar-refractivity contribution < 1.29 is 57.6 Å².